The van der Waals surface area contributed by atoms with E-state index in [9.17, 15) is 22.0 Å². The molecule has 2 aromatic rings. The third kappa shape index (κ3) is 2.10. The fourth-order valence-corrected chi connectivity index (χ4v) is 1.66. The van der Waals surface area contributed by atoms with Crippen molar-refractivity contribution in [2.24, 2.45) is 5.73 Å². The lowest BCUT2D eigenvalue weighted by atomic mass is 10.0. The standard InChI is InChI=1S/C12H8F5NO/c1-4-2-3-5(19-4)12(18)6-7(13)9(15)11(17)10(16)8(6)14/h2-3,12H,18H2,1H3. The maximum Gasteiger partial charge on any atom is 0.200 e. The van der Waals surface area contributed by atoms with Crippen molar-refractivity contribution >= 4 is 0 Å². The second-order valence-electron chi connectivity index (χ2n) is 3.91. The van der Waals surface area contributed by atoms with Crippen molar-refractivity contribution in [1.29, 1.82) is 0 Å². The molecule has 0 amide bonds. The average Bonchev–Trinajstić information content (AvgIpc) is 2.81. The second-order valence-corrected chi connectivity index (χ2v) is 3.91. The molecule has 1 unspecified atom stereocenters. The molecular formula is C12H8F5NO. The van der Waals surface area contributed by atoms with Gasteiger partial charge in [0.15, 0.2) is 23.3 Å². The van der Waals surface area contributed by atoms with Crippen molar-refractivity contribution in [3.8, 4) is 0 Å². The molecule has 0 bridgehead atoms. The highest BCUT2D eigenvalue weighted by Gasteiger charge is 2.30. The number of hydrogen-bond acceptors (Lipinski definition) is 2. The van der Waals surface area contributed by atoms with Crippen LogP contribution in [-0.2, 0) is 0 Å². The quantitative estimate of drug-likeness (QED) is 0.519. The van der Waals surface area contributed by atoms with E-state index >= 15 is 0 Å². The molecule has 7 heteroatoms. The molecule has 0 radical (unpaired) electrons. The highest BCUT2D eigenvalue weighted by atomic mass is 19.2. The fraction of sp³-hybridized carbons (Fsp3) is 0.167. The Balaban J connectivity index is 2.63. The van der Waals surface area contributed by atoms with Crippen molar-refractivity contribution in [3.05, 3.63) is 58.3 Å². The van der Waals surface area contributed by atoms with E-state index in [0.29, 0.717) is 5.76 Å². The van der Waals surface area contributed by atoms with Crippen LogP contribution in [-0.4, -0.2) is 0 Å². The summed E-state index contributed by atoms with van der Waals surface area (Å²) in [7, 11) is 0. The number of furan rings is 1. The maximum absolute atomic E-state index is 13.5. The summed E-state index contributed by atoms with van der Waals surface area (Å²) < 4.78 is 71.0. The van der Waals surface area contributed by atoms with E-state index in [4.69, 9.17) is 10.2 Å². The largest absolute Gasteiger partial charge is 0.464 e. The molecule has 1 heterocycles. The predicted octanol–water partition coefficient (Wildman–Crippen LogP) is 3.33. The Labute approximate surface area is 104 Å². The summed E-state index contributed by atoms with van der Waals surface area (Å²) in [6, 6.07) is 1.18. The molecule has 0 saturated heterocycles. The van der Waals surface area contributed by atoms with E-state index < -0.39 is 40.7 Å². The van der Waals surface area contributed by atoms with Gasteiger partial charge in [-0.25, -0.2) is 22.0 Å². The minimum absolute atomic E-state index is 0.0966. The number of hydrogen-bond donors (Lipinski definition) is 1. The zero-order chi connectivity index (χ0) is 14.3. The normalized spacial score (nSPS) is 12.8. The van der Waals surface area contributed by atoms with Gasteiger partial charge in [-0.15, -0.1) is 0 Å². The molecule has 0 saturated carbocycles. The number of halogens is 5. The number of benzene rings is 1. The van der Waals surface area contributed by atoms with Crippen LogP contribution < -0.4 is 5.73 Å². The summed E-state index contributed by atoms with van der Waals surface area (Å²) in [5, 5.41) is 0. The van der Waals surface area contributed by atoms with E-state index in [-0.39, 0.29) is 5.76 Å². The van der Waals surface area contributed by atoms with Gasteiger partial charge >= 0.3 is 0 Å². The summed E-state index contributed by atoms with van der Waals surface area (Å²) >= 11 is 0. The lowest BCUT2D eigenvalue weighted by Crippen LogP contribution is -2.18. The lowest BCUT2D eigenvalue weighted by Gasteiger charge is -2.13. The minimum Gasteiger partial charge on any atom is -0.464 e. The summed E-state index contributed by atoms with van der Waals surface area (Å²) in [5.74, 6) is -9.91. The molecular weight excluding hydrogens is 269 g/mol. The zero-order valence-corrected chi connectivity index (χ0v) is 9.61. The third-order valence-corrected chi connectivity index (χ3v) is 2.62. The van der Waals surface area contributed by atoms with Gasteiger partial charge in [0.2, 0.25) is 5.82 Å². The summed E-state index contributed by atoms with van der Waals surface area (Å²) in [6.07, 6.45) is 0. The van der Waals surface area contributed by atoms with Crippen molar-refractivity contribution in [1.82, 2.24) is 0 Å². The molecule has 1 aromatic heterocycles. The number of rotatable bonds is 2. The predicted molar refractivity (Wildman–Crippen MR) is 55.7 cm³/mol. The topological polar surface area (TPSA) is 39.2 Å². The highest BCUT2D eigenvalue weighted by molar-refractivity contribution is 5.31. The molecule has 2 nitrogen and oxygen atoms in total. The average molecular weight is 277 g/mol. The molecule has 0 aliphatic rings. The second kappa shape index (κ2) is 4.65. The molecule has 19 heavy (non-hydrogen) atoms. The number of aryl methyl sites for hydroxylation is 1. The SMILES string of the molecule is Cc1ccc(C(N)c2c(F)c(F)c(F)c(F)c2F)o1. The summed E-state index contributed by atoms with van der Waals surface area (Å²) in [6.45, 7) is 1.55. The van der Waals surface area contributed by atoms with E-state index in [2.05, 4.69) is 0 Å². The van der Waals surface area contributed by atoms with Gasteiger partial charge in [0, 0.05) is 0 Å². The molecule has 2 N–H and O–H groups in total. The Hall–Kier alpha value is -1.89. The van der Waals surface area contributed by atoms with Gasteiger partial charge in [-0.1, -0.05) is 0 Å². The first kappa shape index (κ1) is 13.5. The zero-order valence-electron chi connectivity index (χ0n) is 9.61. The van der Waals surface area contributed by atoms with Crippen LogP contribution >= 0.6 is 0 Å². The van der Waals surface area contributed by atoms with E-state index in [1.807, 2.05) is 0 Å². The molecule has 0 aliphatic heterocycles. The Morgan fingerprint density at radius 2 is 1.37 bits per heavy atom. The molecule has 0 spiro atoms. The third-order valence-electron chi connectivity index (χ3n) is 2.62. The Bertz CT molecular complexity index is 608. The van der Waals surface area contributed by atoms with Crippen LogP contribution in [0, 0.1) is 36.0 Å². The smallest absolute Gasteiger partial charge is 0.200 e. The van der Waals surface area contributed by atoms with Crippen molar-refractivity contribution in [3.63, 3.8) is 0 Å². The van der Waals surface area contributed by atoms with Crippen molar-refractivity contribution < 1.29 is 26.4 Å². The van der Waals surface area contributed by atoms with Crippen LogP contribution in [0.2, 0.25) is 0 Å². The van der Waals surface area contributed by atoms with Gasteiger partial charge in [-0.2, -0.15) is 0 Å². The Morgan fingerprint density at radius 3 is 1.79 bits per heavy atom. The molecule has 102 valence electrons. The van der Waals surface area contributed by atoms with E-state index in [1.165, 1.54) is 12.1 Å². The first-order valence-electron chi connectivity index (χ1n) is 5.17. The molecule has 1 aromatic carbocycles. The van der Waals surface area contributed by atoms with Gasteiger partial charge < -0.3 is 10.2 Å². The summed E-state index contributed by atoms with van der Waals surface area (Å²) in [5.41, 5.74) is 4.37. The first-order chi connectivity index (χ1) is 8.84. The van der Waals surface area contributed by atoms with Gasteiger partial charge in [0.25, 0.3) is 0 Å². The lowest BCUT2D eigenvalue weighted by molar-refractivity contribution is 0.361. The van der Waals surface area contributed by atoms with E-state index in [0.717, 1.165) is 0 Å². The van der Waals surface area contributed by atoms with Crippen LogP contribution in [0.4, 0.5) is 22.0 Å². The van der Waals surface area contributed by atoms with Crippen LogP contribution in [0.1, 0.15) is 23.1 Å². The van der Waals surface area contributed by atoms with Crippen molar-refractivity contribution in [2.45, 2.75) is 13.0 Å². The minimum atomic E-state index is -2.22. The fourth-order valence-electron chi connectivity index (χ4n) is 1.66. The highest BCUT2D eigenvalue weighted by Crippen LogP contribution is 2.30. The van der Waals surface area contributed by atoms with Crippen LogP contribution in [0.25, 0.3) is 0 Å². The summed E-state index contributed by atoms with van der Waals surface area (Å²) in [4.78, 5) is 0. The molecule has 2 rings (SSSR count). The molecule has 0 fully saturated rings. The molecule has 0 aliphatic carbocycles. The van der Waals surface area contributed by atoms with Gasteiger partial charge in [0.1, 0.15) is 11.5 Å². The number of nitrogens with two attached hydrogens (primary N) is 1. The maximum atomic E-state index is 13.5. The van der Waals surface area contributed by atoms with Gasteiger partial charge in [-0.3, -0.25) is 0 Å². The Morgan fingerprint density at radius 1 is 0.895 bits per heavy atom. The van der Waals surface area contributed by atoms with Crippen LogP contribution in [0.5, 0.6) is 0 Å². The van der Waals surface area contributed by atoms with Crippen LogP contribution in [0.15, 0.2) is 16.5 Å². The molecule has 1 atom stereocenters. The van der Waals surface area contributed by atoms with Crippen molar-refractivity contribution in [2.75, 3.05) is 0 Å². The first-order valence-corrected chi connectivity index (χ1v) is 5.17. The van der Waals surface area contributed by atoms with Crippen LogP contribution in [0.3, 0.4) is 0 Å². The monoisotopic (exact) mass is 277 g/mol. The Kier molecular flexibility index (Phi) is 3.32. The van der Waals surface area contributed by atoms with Gasteiger partial charge in [0.05, 0.1) is 11.6 Å². The van der Waals surface area contributed by atoms with E-state index in [1.54, 1.807) is 6.92 Å². The van der Waals surface area contributed by atoms with Gasteiger partial charge in [-0.05, 0) is 19.1 Å².